The lowest BCUT2D eigenvalue weighted by Gasteiger charge is -2.16. The van der Waals surface area contributed by atoms with Crippen LogP contribution in [0.1, 0.15) is 28.4 Å². The lowest BCUT2D eigenvalue weighted by molar-refractivity contribution is 0.104. The first kappa shape index (κ1) is 14.7. The average Bonchev–Trinajstić information content (AvgIpc) is 2.91. The summed E-state index contributed by atoms with van der Waals surface area (Å²) in [5.41, 5.74) is 3.76. The van der Waals surface area contributed by atoms with Crippen molar-refractivity contribution in [3.05, 3.63) is 63.3 Å². The quantitative estimate of drug-likeness (QED) is 0.568. The summed E-state index contributed by atoms with van der Waals surface area (Å²) in [6.07, 6.45) is 0. The van der Waals surface area contributed by atoms with E-state index in [4.69, 9.17) is 4.74 Å². The molecule has 2 aromatic carbocycles. The van der Waals surface area contributed by atoms with Crippen molar-refractivity contribution in [2.75, 3.05) is 7.11 Å². The molecule has 0 amide bonds. The van der Waals surface area contributed by atoms with Gasteiger partial charge in [-0.1, -0.05) is 18.2 Å². The van der Waals surface area contributed by atoms with Crippen molar-refractivity contribution in [3.63, 3.8) is 0 Å². The van der Waals surface area contributed by atoms with E-state index in [0.717, 1.165) is 16.6 Å². The van der Waals surface area contributed by atoms with E-state index in [1.807, 2.05) is 48.7 Å². The van der Waals surface area contributed by atoms with Crippen molar-refractivity contribution in [1.29, 1.82) is 0 Å². The first-order valence-electron chi connectivity index (χ1n) is 7.98. The Labute approximate surface area is 139 Å². The second-order valence-electron chi connectivity index (χ2n) is 5.98. The molecule has 0 atom stereocenters. The summed E-state index contributed by atoms with van der Waals surface area (Å²) in [6.45, 7) is 4.57. The van der Waals surface area contributed by atoms with Crippen LogP contribution in [0, 0.1) is 6.92 Å². The SMILES string of the molecule is CCn1c2c(c(=O)c3ccccc31)C(=O)c1c(C)ccc(OC)c1-2. The average molecular weight is 319 g/mol. The topological polar surface area (TPSA) is 48.3 Å². The predicted octanol–water partition coefficient (Wildman–Crippen LogP) is 3.55. The molecule has 4 heteroatoms. The zero-order chi connectivity index (χ0) is 17.0. The zero-order valence-corrected chi connectivity index (χ0v) is 13.8. The van der Waals surface area contributed by atoms with E-state index in [9.17, 15) is 9.59 Å². The van der Waals surface area contributed by atoms with Crippen LogP contribution >= 0.6 is 0 Å². The van der Waals surface area contributed by atoms with Gasteiger partial charge in [-0.05, 0) is 37.6 Å². The monoisotopic (exact) mass is 319 g/mol. The van der Waals surface area contributed by atoms with Crippen LogP contribution in [0.4, 0.5) is 0 Å². The van der Waals surface area contributed by atoms with E-state index < -0.39 is 0 Å². The molecule has 0 aliphatic heterocycles. The summed E-state index contributed by atoms with van der Waals surface area (Å²) in [4.78, 5) is 26.0. The molecule has 4 rings (SSSR count). The minimum absolute atomic E-state index is 0.200. The number of hydrogen-bond acceptors (Lipinski definition) is 3. The first-order valence-corrected chi connectivity index (χ1v) is 7.98. The molecule has 1 aliphatic carbocycles. The summed E-state index contributed by atoms with van der Waals surface area (Å²) < 4.78 is 7.54. The van der Waals surface area contributed by atoms with E-state index in [2.05, 4.69) is 0 Å². The number of para-hydroxylation sites is 1. The number of hydrogen-bond donors (Lipinski definition) is 0. The molecule has 0 radical (unpaired) electrons. The minimum atomic E-state index is -0.201. The van der Waals surface area contributed by atoms with E-state index in [1.165, 1.54) is 0 Å². The van der Waals surface area contributed by atoms with Gasteiger partial charge in [-0.15, -0.1) is 0 Å². The number of carbonyl (C=O) groups excluding carboxylic acids is 1. The van der Waals surface area contributed by atoms with Crippen molar-refractivity contribution >= 4 is 16.7 Å². The molecule has 120 valence electrons. The molecule has 1 heterocycles. The van der Waals surface area contributed by atoms with Crippen molar-refractivity contribution in [2.24, 2.45) is 0 Å². The number of ether oxygens (including phenoxy) is 1. The summed E-state index contributed by atoms with van der Waals surface area (Å²) in [5, 5.41) is 0.580. The third-order valence-electron chi connectivity index (χ3n) is 4.78. The number of benzene rings is 2. The molecule has 0 saturated carbocycles. The molecule has 0 fully saturated rings. The standard InChI is InChI=1S/C20H17NO3/c1-4-21-13-8-6-5-7-12(13)19(22)17-18(21)16-14(24-3)10-9-11(2)15(16)20(17)23/h5-10H,4H2,1-3H3. The molecule has 1 aliphatic rings. The maximum Gasteiger partial charge on any atom is 0.201 e. The van der Waals surface area contributed by atoms with Gasteiger partial charge in [0.05, 0.1) is 29.4 Å². The number of pyridine rings is 1. The van der Waals surface area contributed by atoms with E-state index in [0.29, 0.717) is 28.9 Å². The molecule has 3 aromatic rings. The van der Waals surface area contributed by atoms with Gasteiger partial charge in [0.15, 0.2) is 5.78 Å². The number of rotatable bonds is 2. The van der Waals surface area contributed by atoms with Crippen molar-refractivity contribution in [3.8, 4) is 17.0 Å². The van der Waals surface area contributed by atoms with Crippen LogP contribution in [0.15, 0.2) is 41.2 Å². The summed E-state index contributed by atoms with van der Waals surface area (Å²) in [5.74, 6) is 0.425. The van der Waals surface area contributed by atoms with Crippen LogP contribution in [0.2, 0.25) is 0 Å². The van der Waals surface area contributed by atoms with Crippen molar-refractivity contribution in [1.82, 2.24) is 4.57 Å². The van der Waals surface area contributed by atoms with Crippen LogP contribution in [-0.4, -0.2) is 17.5 Å². The Morgan fingerprint density at radius 1 is 1.00 bits per heavy atom. The molecule has 0 saturated heterocycles. The fraction of sp³-hybridized carbons (Fsp3) is 0.200. The molecule has 4 nitrogen and oxygen atoms in total. The number of aryl methyl sites for hydroxylation is 2. The van der Waals surface area contributed by atoms with Crippen LogP contribution in [0.3, 0.4) is 0 Å². The van der Waals surface area contributed by atoms with Gasteiger partial charge in [0.25, 0.3) is 0 Å². The zero-order valence-electron chi connectivity index (χ0n) is 13.8. The first-order chi connectivity index (χ1) is 11.6. The molecular formula is C20H17NO3. The number of ketones is 1. The minimum Gasteiger partial charge on any atom is -0.496 e. The van der Waals surface area contributed by atoms with Crippen molar-refractivity contribution in [2.45, 2.75) is 20.4 Å². The predicted molar refractivity (Wildman–Crippen MR) is 94.0 cm³/mol. The largest absolute Gasteiger partial charge is 0.496 e. The summed E-state index contributed by atoms with van der Waals surface area (Å²) in [6, 6.07) is 11.2. The fourth-order valence-electron chi connectivity index (χ4n) is 3.71. The number of carbonyl (C=O) groups is 1. The summed E-state index contributed by atoms with van der Waals surface area (Å²) in [7, 11) is 1.59. The van der Waals surface area contributed by atoms with Gasteiger partial charge in [-0.2, -0.15) is 0 Å². The third-order valence-corrected chi connectivity index (χ3v) is 4.78. The van der Waals surface area contributed by atoms with Crippen LogP contribution in [0.25, 0.3) is 22.2 Å². The second-order valence-corrected chi connectivity index (χ2v) is 5.98. The normalized spacial score (nSPS) is 12.4. The van der Waals surface area contributed by atoms with Crippen LogP contribution < -0.4 is 10.2 Å². The number of aromatic nitrogens is 1. The van der Waals surface area contributed by atoms with Gasteiger partial charge in [0.2, 0.25) is 5.43 Å². The molecular weight excluding hydrogens is 302 g/mol. The van der Waals surface area contributed by atoms with Gasteiger partial charge in [0.1, 0.15) is 5.75 Å². The lowest BCUT2D eigenvalue weighted by Crippen LogP contribution is -2.18. The van der Waals surface area contributed by atoms with E-state index >= 15 is 0 Å². The van der Waals surface area contributed by atoms with Gasteiger partial charge in [0, 0.05) is 17.5 Å². The molecule has 24 heavy (non-hydrogen) atoms. The molecule has 0 bridgehead atoms. The van der Waals surface area contributed by atoms with Crippen LogP contribution in [-0.2, 0) is 6.54 Å². The second kappa shape index (κ2) is 5.06. The fourth-order valence-corrected chi connectivity index (χ4v) is 3.71. The smallest absolute Gasteiger partial charge is 0.201 e. The number of fused-ring (bicyclic) bond motifs is 4. The Morgan fingerprint density at radius 3 is 2.46 bits per heavy atom. The highest BCUT2D eigenvalue weighted by Gasteiger charge is 2.36. The van der Waals surface area contributed by atoms with Gasteiger partial charge in [-0.25, -0.2) is 0 Å². The maximum atomic E-state index is 13.0. The number of methoxy groups -OCH3 is 1. The maximum absolute atomic E-state index is 13.0. The van der Waals surface area contributed by atoms with Gasteiger partial charge < -0.3 is 9.30 Å². The van der Waals surface area contributed by atoms with Crippen molar-refractivity contribution < 1.29 is 9.53 Å². The summed E-state index contributed by atoms with van der Waals surface area (Å²) >= 11 is 0. The molecule has 1 aromatic heterocycles. The highest BCUT2D eigenvalue weighted by atomic mass is 16.5. The highest BCUT2D eigenvalue weighted by Crippen LogP contribution is 2.43. The molecule has 0 spiro atoms. The highest BCUT2D eigenvalue weighted by molar-refractivity contribution is 6.23. The Kier molecular flexibility index (Phi) is 3.10. The Hall–Kier alpha value is -2.88. The van der Waals surface area contributed by atoms with Gasteiger partial charge >= 0.3 is 0 Å². The molecule has 0 N–H and O–H groups in total. The number of nitrogens with zero attached hydrogens (tertiary/aromatic N) is 1. The Balaban J connectivity index is 2.29. The third kappa shape index (κ3) is 1.68. The van der Waals surface area contributed by atoms with Crippen LogP contribution in [0.5, 0.6) is 5.75 Å². The Morgan fingerprint density at radius 2 is 1.75 bits per heavy atom. The lowest BCUT2D eigenvalue weighted by atomic mass is 10.0. The van der Waals surface area contributed by atoms with E-state index in [-0.39, 0.29) is 16.8 Å². The van der Waals surface area contributed by atoms with E-state index in [1.54, 1.807) is 13.2 Å². The molecule has 0 unspecified atom stereocenters. The van der Waals surface area contributed by atoms with Gasteiger partial charge in [-0.3, -0.25) is 9.59 Å². The Bertz CT molecular complexity index is 1080.